The van der Waals surface area contributed by atoms with Crippen LogP contribution in [0.1, 0.15) is 13.3 Å². The highest BCUT2D eigenvalue weighted by molar-refractivity contribution is 8.36. The van der Waals surface area contributed by atoms with Crippen LogP contribution < -0.4 is 0 Å². The Balaban J connectivity index is 2.34. The molecule has 1 unspecified atom stereocenters. The number of hydrogen-bond donors (Lipinski definition) is 0. The third-order valence-electron chi connectivity index (χ3n) is 0.928. The first-order valence-corrected chi connectivity index (χ1v) is 5.23. The van der Waals surface area contributed by atoms with Crippen molar-refractivity contribution < 1.29 is 0 Å². The molecular weight excluding hydrogens is 136 g/mol. The van der Waals surface area contributed by atoms with Crippen molar-refractivity contribution in [3.63, 3.8) is 0 Å². The molecule has 2 heteroatoms. The average Bonchev–Trinajstić information content (AvgIpc) is 2.19. The molecule has 0 nitrogen and oxygen atoms in total. The van der Waals surface area contributed by atoms with E-state index in [-0.39, 0.29) is 0 Å². The summed E-state index contributed by atoms with van der Waals surface area (Å²) in [5.74, 6) is 1.35. The van der Waals surface area contributed by atoms with Crippen molar-refractivity contribution >= 4 is 26.9 Å². The summed E-state index contributed by atoms with van der Waals surface area (Å²) in [6, 6.07) is 0. The molecule has 0 saturated carbocycles. The molecule has 0 N–H and O–H groups in total. The summed E-state index contributed by atoms with van der Waals surface area (Å²) in [6.45, 7) is 2.23. The fourth-order valence-corrected chi connectivity index (χ4v) is 3.49. The van der Waals surface area contributed by atoms with E-state index >= 15 is 0 Å². The molecule has 1 aliphatic rings. The van der Waals surface area contributed by atoms with E-state index in [1.54, 1.807) is 0 Å². The minimum atomic E-state index is 0.530. The van der Waals surface area contributed by atoms with Crippen LogP contribution in [0.3, 0.4) is 0 Å². The van der Waals surface area contributed by atoms with E-state index in [1.165, 1.54) is 12.2 Å². The molecule has 0 aromatic carbocycles. The molecule has 0 amide bonds. The van der Waals surface area contributed by atoms with Crippen LogP contribution in [0.5, 0.6) is 0 Å². The number of hydrogen-bond acceptors (Lipinski definition) is 1. The minimum Gasteiger partial charge on any atom is -0.155 e. The third kappa shape index (κ3) is 1.67. The van der Waals surface area contributed by atoms with E-state index in [2.05, 4.69) is 22.4 Å². The van der Waals surface area contributed by atoms with Gasteiger partial charge in [0.2, 0.25) is 0 Å². The molecule has 0 aromatic rings. The van der Waals surface area contributed by atoms with Crippen molar-refractivity contribution in [1.82, 2.24) is 0 Å². The van der Waals surface area contributed by atoms with Gasteiger partial charge in [0.15, 0.2) is 0 Å². The second-order valence-electron chi connectivity index (χ2n) is 1.68. The van der Waals surface area contributed by atoms with Gasteiger partial charge in [-0.2, -0.15) is 10.5 Å². The van der Waals surface area contributed by atoms with Gasteiger partial charge in [0, 0.05) is 4.70 Å². The van der Waals surface area contributed by atoms with Gasteiger partial charge in [-0.25, -0.2) is 0 Å². The first-order chi connectivity index (χ1) is 3.93. The molecule has 1 aliphatic heterocycles. The molecule has 0 aromatic heterocycles. The molecule has 0 bridgehead atoms. The third-order valence-corrected chi connectivity index (χ3v) is 4.19. The number of rotatable bonds is 2. The maximum Gasteiger partial charge on any atom is 0.00250 e. The van der Waals surface area contributed by atoms with E-state index in [1.807, 2.05) is 11.8 Å². The fourth-order valence-electron chi connectivity index (χ4n) is 0.591. The Morgan fingerprint density at radius 3 is 3.00 bits per heavy atom. The normalized spacial score (nSPS) is 25.9. The highest BCUT2D eigenvalue weighted by Crippen LogP contribution is 2.25. The van der Waals surface area contributed by atoms with Gasteiger partial charge >= 0.3 is 0 Å². The summed E-state index contributed by atoms with van der Waals surface area (Å²) in [6.07, 6.45) is 1.31. The van der Waals surface area contributed by atoms with Crippen LogP contribution in [-0.2, 0) is 0 Å². The molecule has 46 valence electrons. The zero-order valence-electron chi connectivity index (χ0n) is 4.96. The Labute approximate surface area is 57.3 Å². The molecule has 0 spiro atoms. The summed E-state index contributed by atoms with van der Waals surface area (Å²) in [5.41, 5.74) is 0. The predicted octanol–water partition coefficient (Wildman–Crippen LogP) is 2.64. The quantitative estimate of drug-likeness (QED) is 0.540. The molecule has 8 heavy (non-hydrogen) atoms. The van der Waals surface area contributed by atoms with Crippen molar-refractivity contribution in [2.24, 2.45) is 0 Å². The summed E-state index contributed by atoms with van der Waals surface area (Å²) in [5, 5.41) is 4.48. The summed E-state index contributed by atoms with van der Waals surface area (Å²) in [7, 11) is 0.530. The molecule has 0 radical (unpaired) electrons. The molecule has 1 heterocycles. The topological polar surface area (TPSA) is 0 Å². The monoisotopic (exact) mass is 146 g/mol. The Morgan fingerprint density at radius 1 is 1.62 bits per heavy atom. The van der Waals surface area contributed by atoms with Crippen molar-refractivity contribution in [3.05, 3.63) is 10.8 Å². The summed E-state index contributed by atoms with van der Waals surface area (Å²) >= 11 is 1.83. The van der Waals surface area contributed by atoms with Crippen LogP contribution in [0, 0.1) is 0 Å². The Bertz CT molecular complexity index is 124. The first kappa shape index (κ1) is 6.43. The molecule has 1 rings (SSSR count). The van der Waals surface area contributed by atoms with Gasteiger partial charge in [-0.1, -0.05) is 18.7 Å². The highest BCUT2D eigenvalue weighted by atomic mass is 32.2. The smallest absolute Gasteiger partial charge is 0.00250 e. The van der Waals surface area contributed by atoms with Crippen LogP contribution in [0.4, 0.5) is 0 Å². The van der Waals surface area contributed by atoms with Crippen LogP contribution >= 0.6 is 22.2 Å². The zero-order chi connectivity index (χ0) is 5.82. The van der Waals surface area contributed by atoms with E-state index in [0.717, 1.165) is 0 Å². The van der Waals surface area contributed by atoms with Gasteiger partial charge in [0.1, 0.15) is 0 Å². The van der Waals surface area contributed by atoms with Gasteiger partial charge < -0.3 is 0 Å². The largest absolute Gasteiger partial charge is 0.155 e. The average molecular weight is 146 g/mol. The van der Waals surface area contributed by atoms with E-state index in [9.17, 15) is 0 Å². The van der Waals surface area contributed by atoms with Crippen molar-refractivity contribution in [1.29, 1.82) is 0 Å². The van der Waals surface area contributed by atoms with Gasteiger partial charge in [0.05, 0.1) is 0 Å². The second-order valence-corrected chi connectivity index (χ2v) is 4.61. The van der Waals surface area contributed by atoms with Gasteiger partial charge in [-0.15, -0.1) is 0 Å². The maximum absolute atomic E-state index is 2.32. The van der Waals surface area contributed by atoms with E-state index < -0.39 is 0 Å². The first-order valence-electron chi connectivity index (χ1n) is 2.77. The van der Waals surface area contributed by atoms with Crippen LogP contribution in [0.15, 0.2) is 10.8 Å². The Hall–Kier alpha value is 0.310. The highest BCUT2D eigenvalue weighted by Gasteiger charge is 1.91. The predicted molar refractivity (Wildman–Crippen MR) is 45.5 cm³/mol. The van der Waals surface area contributed by atoms with Gasteiger partial charge in [0.25, 0.3) is 0 Å². The SMILES string of the molecule is CCCS1=CSC=C1. The van der Waals surface area contributed by atoms with E-state index in [4.69, 9.17) is 0 Å². The molecule has 0 fully saturated rings. The van der Waals surface area contributed by atoms with Crippen LogP contribution in [-0.4, -0.2) is 10.5 Å². The van der Waals surface area contributed by atoms with Crippen molar-refractivity contribution in [2.45, 2.75) is 13.3 Å². The molecule has 0 aliphatic carbocycles. The molecule has 0 saturated heterocycles. The molecule has 1 atom stereocenters. The van der Waals surface area contributed by atoms with Crippen molar-refractivity contribution in [3.8, 4) is 0 Å². The lowest BCUT2D eigenvalue weighted by Gasteiger charge is -1.92. The Kier molecular flexibility index (Phi) is 2.70. The van der Waals surface area contributed by atoms with E-state index in [0.29, 0.717) is 10.5 Å². The summed E-state index contributed by atoms with van der Waals surface area (Å²) in [4.78, 5) is 0. The van der Waals surface area contributed by atoms with Gasteiger partial charge in [-0.3, -0.25) is 0 Å². The second kappa shape index (κ2) is 3.36. The summed E-state index contributed by atoms with van der Waals surface area (Å²) < 4.78 is 2.32. The number of thioether (sulfide) groups is 1. The molecular formula is C6H10S2. The lowest BCUT2D eigenvalue weighted by molar-refractivity contribution is 1.11. The fraction of sp³-hybridized carbons (Fsp3) is 0.500. The standard InChI is InChI=1S/C6H10S2/c1-2-4-8-5-3-7-6-8/h3,5-6H,2,4H2,1H3. The lowest BCUT2D eigenvalue weighted by atomic mass is 10.6. The van der Waals surface area contributed by atoms with Crippen molar-refractivity contribution in [2.75, 3.05) is 5.75 Å². The van der Waals surface area contributed by atoms with Gasteiger partial charge in [-0.05, 0) is 23.0 Å². The Morgan fingerprint density at radius 2 is 2.50 bits per heavy atom. The minimum absolute atomic E-state index is 0.530. The lowest BCUT2D eigenvalue weighted by Crippen LogP contribution is -1.71. The van der Waals surface area contributed by atoms with Crippen LogP contribution in [0.25, 0.3) is 0 Å². The maximum atomic E-state index is 2.32. The zero-order valence-corrected chi connectivity index (χ0v) is 6.60. The van der Waals surface area contributed by atoms with Crippen LogP contribution in [0.2, 0.25) is 0 Å².